The molecule has 2 amide bonds. The third kappa shape index (κ3) is 3.83. The molecule has 28 heavy (non-hydrogen) atoms. The summed E-state index contributed by atoms with van der Waals surface area (Å²) in [4.78, 5) is 28.2. The highest BCUT2D eigenvalue weighted by Crippen LogP contribution is 2.31. The predicted molar refractivity (Wildman–Crippen MR) is 103 cm³/mol. The van der Waals surface area contributed by atoms with Crippen molar-refractivity contribution < 1.29 is 23.1 Å². The number of likely N-dealkylation sites (tertiary alicyclic amines) is 1. The molecule has 0 N–H and O–H groups in total. The first-order valence-electron chi connectivity index (χ1n) is 9.72. The second-order valence-corrected chi connectivity index (χ2v) is 10.6. The Morgan fingerprint density at radius 2 is 1.86 bits per heavy atom. The molecule has 0 spiro atoms. The number of sulfonamides is 1. The third-order valence-electron chi connectivity index (χ3n) is 5.90. The van der Waals surface area contributed by atoms with Gasteiger partial charge in [0, 0.05) is 44.2 Å². The fraction of sp³-hybridized carbons (Fsp3) is 0.667. The molecule has 0 aromatic carbocycles. The highest BCUT2D eigenvalue weighted by Gasteiger charge is 2.39. The fourth-order valence-electron chi connectivity index (χ4n) is 4.27. The smallest absolute Gasteiger partial charge is 0.410 e. The predicted octanol–water partition coefficient (Wildman–Crippen LogP) is 1.81. The number of cyclic esters (lactones) is 1. The molecule has 1 aromatic rings. The van der Waals surface area contributed by atoms with E-state index in [0.29, 0.717) is 56.4 Å². The lowest BCUT2D eigenvalue weighted by Gasteiger charge is -2.38. The number of nitrogens with zero attached hydrogens (tertiary/aromatic N) is 3. The van der Waals surface area contributed by atoms with E-state index in [1.54, 1.807) is 22.4 Å². The number of ether oxygens (including phenoxy) is 1. The number of carbonyl (C=O) groups excluding carboxylic acids is 2. The molecule has 8 nitrogen and oxygen atoms in total. The Balaban J connectivity index is 1.28. The van der Waals surface area contributed by atoms with Crippen LogP contribution in [0, 0.1) is 5.92 Å². The Morgan fingerprint density at radius 1 is 1.14 bits per heavy atom. The third-order valence-corrected chi connectivity index (χ3v) is 9.17. The number of hydrogen-bond acceptors (Lipinski definition) is 6. The second kappa shape index (κ2) is 8.10. The lowest BCUT2D eigenvalue weighted by molar-refractivity contribution is -0.138. The number of amides is 2. The summed E-state index contributed by atoms with van der Waals surface area (Å²) in [7, 11) is -3.44. The molecule has 4 heterocycles. The maximum absolute atomic E-state index is 12.9. The van der Waals surface area contributed by atoms with Gasteiger partial charge in [0.1, 0.15) is 6.61 Å². The molecule has 10 heteroatoms. The maximum Gasteiger partial charge on any atom is 0.410 e. The van der Waals surface area contributed by atoms with Gasteiger partial charge in [-0.1, -0.05) is 15.5 Å². The van der Waals surface area contributed by atoms with Gasteiger partial charge < -0.3 is 19.1 Å². The molecular formula is C18H25N3O5S2. The topological polar surface area (TPSA) is 93.2 Å². The number of piperidine rings is 2. The van der Waals surface area contributed by atoms with E-state index in [-0.39, 0.29) is 24.0 Å². The van der Waals surface area contributed by atoms with E-state index in [9.17, 15) is 18.4 Å². The zero-order chi connectivity index (χ0) is 19.7. The Labute approximate surface area is 169 Å². The van der Waals surface area contributed by atoms with Gasteiger partial charge in [-0.25, -0.2) is 4.79 Å². The molecular weight excluding hydrogens is 402 g/mol. The summed E-state index contributed by atoms with van der Waals surface area (Å²) in [6.07, 6.45) is 2.41. The van der Waals surface area contributed by atoms with Gasteiger partial charge in [0.25, 0.3) is 0 Å². The maximum atomic E-state index is 12.9. The first kappa shape index (κ1) is 19.8. The van der Waals surface area contributed by atoms with Crippen molar-refractivity contribution in [1.82, 2.24) is 14.1 Å². The quantitative estimate of drug-likeness (QED) is 0.683. The molecule has 3 aliphatic rings. The zero-order valence-corrected chi connectivity index (χ0v) is 17.3. The largest absolute Gasteiger partial charge is 0.592 e. The van der Waals surface area contributed by atoms with E-state index in [1.807, 2.05) is 4.90 Å². The molecule has 1 aromatic heterocycles. The SMILES string of the molecule is O=C(C1CCN([S+](=O)([O-])c2cccs2)CC1)N1CCC(N2CCOC2=O)CC1. The minimum atomic E-state index is -3.44. The van der Waals surface area contributed by atoms with Gasteiger partial charge in [-0.15, -0.1) is 4.31 Å². The average Bonchev–Trinajstić information content (AvgIpc) is 3.40. The van der Waals surface area contributed by atoms with Crippen LogP contribution in [0.1, 0.15) is 25.7 Å². The van der Waals surface area contributed by atoms with Gasteiger partial charge in [0.2, 0.25) is 10.1 Å². The molecule has 1 unspecified atom stereocenters. The Morgan fingerprint density at radius 3 is 2.43 bits per heavy atom. The van der Waals surface area contributed by atoms with E-state index >= 15 is 0 Å². The van der Waals surface area contributed by atoms with Crippen LogP contribution in [0.3, 0.4) is 0 Å². The Bertz CT molecular complexity index is 755. The fourth-order valence-corrected chi connectivity index (χ4v) is 6.89. The second-order valence-electron chi connectivity index (χ2n) is 7.47. The standard InChI is InChI=1S/C18H25N3O5S2/c22-17(19-7-5-15(6-8-19)21-11-12-26-18(21)23)14-3-9-20(10-4-14)28(24,25)16-2-1-13-27-16/h1-2,13-15H,3-12H2. The van der Waals surface area contributed by atoms with E-state index in [0.717, 1.165) is 12.8 Å². The highest BCUT2D eigenvalue weighted by molar-refractivity contribution is 7.97. The van der Waals surface area contributed by atoms with Crippen molar-refractivity contribution in [3.05, 3.63) is 17.5 Å². The minimum absolute atomic E-state index is 0.121. The normalized spacial score (nSPS) is 25.0. The van der Waals surface area contributed by atoms with Crippen molar-refractivity contribution in [2.75, 3.05) is 39.3 Å². The van der Waals surface area contributed by atoms with E-state index in [2.05, 4.69) is 0 Å². The van der Waals surface area contributed by atoms with Crippen LogP contribution in [-0.4, -0.2) is 76.0 Å². The average molecular weight is 428 g/mol. The summed E-state index contributed by atoms with van der Waals surface area (Å²) < 4.78 is 32.1. The summed E-state index contributed by atoms with van der Waals surface area (Å²) in [5.74, 6) is -0.00120. The molecule has 0 bridgehead atoms. The van der Waals surface area contributed by atoms with Gasteiger partial charge in [-0.3, -0.25) is 4.79 Å². The Kier molecular flexibility index (Phi) is 5.73. The van der Waals surface area contributed by atoms with Crippen LogP contribution < -0.4 is 0 Å². The Hall–Kier alpha value is -1.49. The van der Waals surface area contributed by atoms with Crippen molar-refractivity contribution >= 4 is 33.7 Å². The van der Waals surface area contributed by atoms with Gasteiger partial charge in [0.05, 0.1) is 6.54 Å². The molecule has 4 rings (SSSR count). The van der Waals surface area contributed by atoms with Crippen LogP contribution >= 0.6 is 11.3 Å². The highest BCUT2D eigenvalue weighted by atomic mass is 32.3. The van der Waals surface area contributed by atoms with Gasteiger partial charge in [-0.05, 0) is 37.1 Å². The molecule has 3 fully saturated rings. The number of carbonyl (C=O) groups is 2. The van der Waals surface area contributed by atoms with Gasteiger partial charge in [-0.2, -0.15) is 0 Å². The van der Waals surface area contributed by atoms with Gasteiger partial charge >= 0.3 is 6.09 Å². The van der Waals surface area contributed by atoms with E-state index in [1.165, 1.54) is 15.6 Å². The first-order valence-corrected chi connectivity index (χ1v) is 12.0. The first-order chi connectivity index (χ1) is 13.5. The van der Waals surface area contributed by atoms with Crippen molar-refractivity contribution in [3.63, 3.8) is 0 Å². The summed E-state index contributed by atoms with van der Waals surface area (Å²) in [5, 5.41) is 1.76. The van der Waals surface area contributed by atoms with Crippen LogP contribution in [0.4, 0.5) is 4.79 Å². The van der Waals surface area contributed by atoms with Crippen LogP contribution in [0.2, 0.25) is 0 Å². The molecule has 0 aliphatic carbocycles. The zero-order valence-electron chi connectivity index (χ0n) is 15.7. The van der Waals surface area contributed by atoms with Gasteiger partial charge in [0.15, 0.2) is 10.4 Å². The lowest BCUT2D eigenvalue weighted by atomic mass is 9.94. The van der Waals surface area contributed by atoms with Crippen LogP contribution in [0.25, 0.3) is 0 Å². The summed E-state index contributed by atoms with van der Waals surface area (Å²) >= 11 is 1.22. The number of rotatable bonds is 4. The molecule has 3 saturated heterocycles. The van der Waals surface area contributed by atoms with Crippen molar-refractivity contribution in [1.29, 1.82) is 0 Å². The van der Waals surface area contributed by atoms with Crippen LogP contribution in [-0.2, 0) is 24.1 Å². The minimum Gasteiger partial charge on any atom is -0.592 e. The molecule has 1 atom stereocenters. The van der Waals surface area contributed by atoms with Crippen molar-refractivity contribution in [2.45, 2.75) is 35.9 Å². The van der Waals surface area contributed by atoms with E-state index < -0.39 is 10.4 Å². The summed E-state index contributed by atoms with van der Waals surface area (Å²) in [6, 6.07) is 3.51. The monoisotopic (exact) mass is 427 g/mol. The van der Waals surface area contributed by atoms with Crippen molar-refractivity contribution in [3.8, 4) is 0 Å². The molecule has 0 radical (unpaired) electrons. The molecule has 3 aliphatic heterocycles. The van der Waals surface area contributed by atoms with E-state index in [4.69, 9.17) is 4.74 Å². The summed E-state index contributed by atoms with van der Waals surface area (Å²) in [5.41, 5.74) is 0. The van der Waals surface area contributed by atoms with Crippen LogP contribution in [0.5, 0.6) is 0 Å². The molecule has 154 valence electrons. The lowest BCUT2D eigenvalue weighted by Crippen LogP contribution is -2.50. The van der Waals surface area contributed by atoms with Crippen LogP contribution in [0.15, 0.2) is 21.7 Å². The number of thiophene rings is 1. The molecule has 0 saturated carbocycles. The van der Waals surface area contributed by atoms with Crippen molar-refractivity contribution in [2.24, 2.45) is 5.92 Å². The number of hydrogen-bond donors (Lipinski definition) is 0. The summed E-state index contributed by atoms with van der Waals surface area (Å²) in [6.45, 7) is 3.13.